The molecule has 4 N–H and O–H groups in total. The molecule has 2 fully saturated rings. The molecule has 2 atom stereocenters. The molecule has 40 heavy (non-hydrogen) atoms. The van der Waals surface area contributed by atoms with Crippen LogP contribution in [0.15, 0.2) is 73.3 Å². The van der Waals surface area contributed by atoms with Gasteiger partial charge in [0.1, 0.15) is 23.2 Å². The predicted octanol–water partition coefficient (Wildman–Crippen LogP) is 0.538. The summed E-state index contributed by atoms with van der Waals surface area (Å²) in [5.74, 6) is -1.29. The maximum atomic E-state index is 13.0. The SMILES string of the molecule is NC(=O)[C@@H]1CCCN1C(=O)c1ccc[n+](Cc2ccc(C[n+]3cccc(C(=O)N4CCC[C@H]4C(N)=O)c3)cc2)c1. The Labute approximate surface area is 232 Å². The van der Waals surface area contributed by atoms with Crippen molar-refractivity contribution in [2.75, 3.05) is 13.1 Å². The second kappa shape index (κ2) is 11.6. The van der Waals surface area contributed by atoms with E-state index in [-0.39, 0.29) is 11.8 Å². The molecule has 0 saturated carbocycles. The molecule has 5 rings (SSSR count). The Balaban J connectivity index is 1.23. The van der Waals surface area contributed by atoms with Crippen LogP contribution >= 0.6 is 0 Å². The van der Waals surface area contributed by atoms with Gasteiger partial charge in [0.25, 0.3) is 11.8 Å². The van der Waals surface area contributed by atoms with Crippen LogP contribution in [0.2, 0.25) is 0 Å². The van der Waals surface area contributed by atoms with Gasteiger partial charge in [-0.2, -0.15) is 9.13 Å². The van der Waals surface area contributed by atoms with Crippen LogP contribution in [0, 0.1) is 0 Å². The highest BCUT2D eigenvalue weighted by molar-refractivity contribution is 5.98. The first-order valence-corrected chi connectivity index (χ1v) is 13.6. The number of hydrogen-bond acceptors (Lipinski definition) is 4. The summed E-state index contributed by atoms with van der Waals surface area (Å²) in [4.78, 5) is 52.6. The fourth-order valence-corrected chi connectivity index (χ4v) is 5.61. The molecule has 10 nitrogen and oxygen atoms in total. The van der Waals surface area contributed by atoms with Crippen molar-refractivity contribution in [3.63, 3.8) is 0 Å². The van der Waals surface area contributed by atoms with Crippen molar-refractivity contribution in [3.8, 4) is 0 Å². The number of carbonyl (C=O) groups is 4. The van der Waals surface area contributed by atoms with Gasteiger partial charge in [-0.25, -0.2) is 0 Å². The summed E-state index contributed by atoms with van der Waals surface area (Å²) in [7, 11) is 0. The lowest BCUT2D eigenvalue weighted by atomic mass is 10.1. The summed E-state index contributed by atoms with van der Waals surface area (Å²) >= 11 is 0. The van der Waals surface area contributed by atoms with Crippen LogP contribution < -0.4 is 20.6 Å². The molecule has 2 saturated heterocycles. The Kier molecular flexibility index (Phi) is 7.86. The van der Waals surface area contributed by atoms with E-state index in [9.17, 15) is 19.2 Å². The molecule has 4 heterocycles. The lowest BCUT2D eigenvalue weighted by molar-refractivity contribution is -0.689. The van der Waals surface area contributed by atoms with Crippen molar-refractivity contribution < 1.29 is 28.3 Å². The van der Waals surface area contributed by atoms with Crippen molar-refractivity contribution >= 4 is 23.6 Å². The molecule has 2 aliphatic heterocycles. The Morgan fingerprint density at radius 1 is 0.675 bits per heavy atom. The minimum Gasteiger partial charge on any atom is -0.368 e. The van der Waals surface area contributed by atoms with Crippen molar-refractivity contribution in [3.05, 3.63) is 95.6 Å². The van der Waals surface area contributed by atoms with Gasteiger partial charge in [-0.05, 0) is 37.8 Å². The van der Waals surface area contributed by atoms with Gasteiger partial charge in [0.2, 0.25) is 11.8 Å². The minimum absolute atomic E-state index is 0.182. The highest BCUT2D eigenvalue weighted by atomic mass is 16.2. The molecule has 206 valence electrons. The van der Waals surface area contributed by atoms with Gasteiger partial charge in [0.05, 0.1) is 0 Å². The van der Waals surface area contributed by atoms with Crippen molar-refractivity contribution in [1.82, 2.24) is 9.80 Å². The Hall–Kier alpha value is -4.60. The minimum atomic E-state index is -0.544. The molecule has 0 radical (unpaired) electrons. The van der Waals surface area contributed by atoms with Crippen LogP contribution in [-0.4, -0.2) is 58.6 Å². The number of benzene rings is 1. The van der Waals surface area contributed by atoms with E-state index in [0.29, 0.717) is 50.1 Å². The van der Waals surface area contributed by atoms with E-state index in [1.807, 2.05) is 57.9 Å². The van der Waals surface area contributed by atoms with E-state index in [1.54, 1.807) is 34.3 Å². The van der Waals surface area contributed by atoms with Crippen LogP contribution in [-0.2, 0) is 22.7 Å². The average molecular weight is 543 g/mol. The third kappa shape index (κ3) is 5.85. The fourth-order valence-electron chi connectivity index (χ4n) is 5.61. The molecule has 2 aliphatic rings. The molecule has 2 aromatic heterocycles. The maximum absolute atomic E-state index is 13.0. The van der Waals surface area contributed by atoms with Gasteiger partial charge in [0, 0.05) is 36.3 Å². The zero-order chi connectivity index (χ0) is 28.2. The van der Waals surface area contributed by atoms with Crippen LogP contribution in [0.25, 0.3) is 0 Å². The lowest BCUT2D eigenvalue weighted by Crippen LogP contribution is -2.44. The number of likely N-dealkylation sites (tertiary alicyclic amines) is 2. The molecule has 10 heteroatoms. The van der Waals surface area contributed by atoms with Gasteiger partial charge in [-0.3, -0.25) is 19.2 Å². The quantitative estimate of drug-likeness (QED) is 0.402. The van der Waals surface area contributed by atoms with E-state index in [1.165, 1.54) is 0 Å². The number of carbonyl (C=O) groups excluding carboxylic acids is 4. The summed E-state index contributed by atoms with van der Waals surface area (Å²) in [6.45, 7) is 2.22. The number of aromatic nitrogens is 2. The summed E-state index contributed by atoms with van der Waals surface area (Å²) in [5, 5.41) is 0. The molecule has 0 unspecified atom stereocenters. The third-order valence-electron chi connectivity index (χ3n) is 7.65. The van der Waals surface area contributed by atoms with E-state index in [2.05, 4.69) is 0 Å². The van der Waals surface area contributed by atoms with Crippen molar-refractivity contribution in [2.24, 2.45) is 11.5 Å². The highest BCUT2D eigenvalue weighted by Gasteiger charge is 2.35. The topological polar surface area (TPSA) is 135 Å². The second-order valence-electron chi connectivity index (χ2n) is 10.5. The standard InChI is InChI=1S/C30H32N6O4/c31-27(37)25-7-3-15-35(25)29(39)23-5-1-13-33(19-23)17-21-9-11-22(12-10-21)18-34-14-2-6-24(20-34)30(40)36-16-4-8-26(36)28(32)38/h1-2,5-6,9-14,19-20,25-26H,3-4,7-8,15-18H2,(H2-2,31,32,37,38)/p+2/t25-,26-/m0/s1. The maximum Gasteiger partial charge on any atom is 0.260 e. The molecule has 0 aliphatic carbocycles. The smallest absolute Gasteiger partial charge is 0.260 e. The van der Waals surface area contributed by atoms with Crippen LogP contribution in [0.3, 0.4) is 0 Å². The average Bonchev–Trinajstić information content (AvgIpc) is 3.64. The first-order chi connectivity index (χ1) is 19.3. The normalized spacial score (nSPS) is 18.6. The second-order valence-corrected chi connectivity index (χ2v) is 10.5. The van der Waals surface area contributed by atoms with Crippen molar-refractivity contribution in [1.29, 1.82) is 0 Å². The number of nitrogens with two attached hydrogens (primary N) is 2. The number of hydrogen-bond donors (Lipinski definition) is 2. The fraction of sp³-hybridized carbons (Fsp3) is 0.333. The van der Waals surface area contributed by atoms with E-state index >= 15 is 0 Å². The van der Waals surface area contributed by atoms with Gasteiger partial charge in [-0.15, -0.1) is 0 Å². The number of amides is 4. The molecule has 1 aromatic carbocycles. The van der Waals surface area contributed by atoms with E-state index in [0.717, 1.165) is 24.0 Å². The zero-order valence-corrected chi connectivity index (χ0v) is 22.3. The zero-order valence-electron chi connectivity index (χ0n) is 22.3. The first kappa shape index (κ1) is 27.0. The Bertz CT molecular complexity index is 1330. The lowest BCUT2D eigenvalue weighted by Gasteiger charge is -2.21. The first-order valence-electron chi connectivity index (χ1n) is 13.6. The number of primary amides is 2. The summed E-state index contributed by atoms with van der Waals surface area (Å²) < 4.78 is 3.89. The molecule has 0 spiro atoms. The van der Waals surface area contributed by atoms with Crippen molar-refractivity contribution in [2.45, 2.75) is 50.9 Å². The summed E-state index contributed by atoms with van der Waals surface area (Å²) in [6, 6.07) is 14.2. The van der Waals surface area contributed by atoms with Gasteiger partial charge in [0.15, 0.2) is 37.9 Å². The molecule has 0 bridgehead atoms. The van der Waals surface area contributed by atoms with Crippen LogP contribution in [0.4, 0.5) is 0 Å². The largest absolute Gasteiger partial charge is 0.368 e. The summed E-state index contributed by atoms with van der Waals surface area (Å²) in [5.41, 5.74) is 14.1. The molecular weight excluding hydrogens is 508 g/mol. The van der Waals surface area contributed by atoms with Gasteiger partial charge < -0.3 is 21.3 Å². The molecular formula is C30H34N6O4+2. The van der Waals surface area contributed by atoms with E-state index < -0.39 is 23.9 Å². The number of rotatable bonds is 8. The van der Waals surface area contributed by atoms with Crippen LogP contribution in [0.1, 0.15) is 57.5 Å². The van der Waals surface area contributed by atoms with Gasteiger partial charge >= 0.3 is 0 Å². The monoisotopic (exact) mass is 542 g/mol. The highest BCUT2D eigenvalue weighted by Crippen LogP contribution is 2.20. The number of nitrogens with zero attached hydrogens (tertiary/aromatic N) is 4. The molecule has 4 amide bonds. The third-order valence-corrected chi connectivity index (χ3v) is 7.65. The molecule has 3 aromatic rings. The van der Waals surface area contributed by atoms with Gasteiger partial charge in [-0.1, -0.05) is 24.3 Å². The Morgan fingerprint density at radius 3 is 1.45 bits per heavy atom. The van der Waals surface area contributed by atoms with E-state index in [4.69, 9.17) is 11.5 Å². The summed E-state index contributed by atoms with van der Waals surface area (Å²) in [6.07, 6.45) is 10.2. The van der Waals surface area contributed by atoms with Crippen LogP contribution in [0.5, 0.6) is 0 Å². The number of pyridine rings is 2. The Morgan fingerprint density at radius 2 is 1.07 bits per heavy atom. The predicted molar refractivity (Wildman–Crippen MR) is 144 cm³/mol.